The van der Waals surface area contributed by atoms with Crippen molar-refractivity contribution in [1.29, 1.82) is 5.26 Å². The number of fused-ring (bicyclic) bond motifs is 1. The topological polar surface area (TPSA) is 62.2 Å². The third-order valence-electron chi connectivity index (χ3n) is 3.26. The lowest BCUT2D eigenvalue weighted by Gasteiger charge is -1.98. The summed E-state index contributed by atoms with van der Waals surface area (Å²) in [4.78, 5) is 7.10. The molecule has 0 saturated heterocycles. The van der Waals surface area contributed by atoms with Crippen LogP contribution in [0.3, 0.4) is 0 Å². The minimum Gasteiger partial charge on any atom is -0.387 e. The Labute approximate surface area is 125 Å². The highest BCUT2D eigenvalue weighted by Gasteiger charge is 2.11. The molecule has 2 N–H and O–H groups in total. The van der Waals surface area contributed by atoms with Crippen molar-refractivity contribution in [3.8, 4) is 5.97 Å². The Morgan fingerprint density at radius 2 is 2.30 bits per heavy atom. The van der Waals surface area contributed by atoms with Crippen LogP contribution >= 0.6 is 11.3 Å². The molecular formula is C15H19BN3S. The number of rotatable bonds is 6. The molecule has 0 aliphatic carbocycles. The van der Waals surface area contributed by atoms with Gasteiger partial charge in [0.1, 0.15) is 5.84 Å². The van der Waals surface area contributed by atoms with Crippen LogP contribution in [0.15, 0.2) is 16.6 Å². The van der Waals surface area contributed by atoms with Gasteiger partial charge in [0.25, 0.3) is 7.28 Å². The van der Waals surface area contributed by atoms with E-state index >= 15 is 0 Å². The molecule has 0 atom stereocenters. The standard InChI is InChI=1S/C15H19BN3S/c1-11-7-14-13(19-15(18)8-11)9-12(20-14)5-3-2-4-6-16-10-17/h7,9H,2-6,8H2,1H3,(H2,18,19). The Morgan fingerprint density at radius 1 is 1.45 bits per heavy atom. The molecule has 0 amide bonds. The predicted molar refractivity (Wildman–Crippen MR) is 87.6 cm³/mol. The Morgan fingerprint density at radius 3 is 3.10 bits per heavy atom. The lowest BCUT2D eigenvalue weighted by atomic mass is 9.75. The maximum absolute atomic E-state index is 8.43. The van der Waals surface area contributed by atoms with Crippen LogP contribution in [0.25, 0.3) is 6.08 Å². The van der Waals surface area contributed by atoms with Gasteiger partial charge in [-0.25, -0.2) is 10.3 Å². The molecule has 5 heteroatoms. The highest BCUT2D eigenvalue weighted by Crippen LogP contribution is 2.34. The van der Waals surface area contributed by atoms with Gasteiger partial charge < -0.3 is 5.73 Å². The molecule has 0 saturated carbocycles. The fourth-order valence-electron chi connectivity index (χ4n) is 2.30. The summed E-state index contributed by atoms with van der Waals surface area (Å²) < 4.78 is 0. The number of aliphatic imine (C=N–C) groups is 1. The Kier molecular flexibility index (Phi) is 5.43. The van der Waals surface area contributed by atoms with E-state index in [0.717, 1.165) is 31.3 Å². The highest BCUT2D eigenvalue weighted by atomic mass is 32.1. The first-order chi connectivity index (χ1) is 9.69. The molecule has 103 valence electrons. The molecule has 1 aliphatic rings. The van der Waals surface area contributed by atoms with E-state index in [4.69, 9.17) is 11.0 Å². The number of hydrogen-bond acceptors (Lipinski definition) is 4. The van der Waals surface area contributed by atoms with Gasteiger partial charge >= 0.3 is 0 Å². The molecule has 0 aromatic carbocycles. The molecule has 1 aromatic rings. The number of unbranched alkanes of at least 4 members (excludes halogenated alkanes) is 2. The van der Waals surface area contributed by atoms with Crippen LogP contribution in [0.5, 0.6) is 0 Å². The average Bonchev–Trinajstić information content (AvgIpc) is 2.69. The lowest BCUT2D eigenvalue weighted by molar-refractivity contribution is 0.721. The second-order valence-corrected chi connectivity index (χ2v) is 6.33. The van der Waals surface area contributed by atoms with Crippen molar-refractivity contribution in [2.45, 2.75) is 45.3 Å². The molecule has 1 radical (unpaired) electrons. The number of nitrogens with two attached hydrogens (primary N) is 1. The maximum Gasteiger partial charge on any atom is 0.254 e. The van der Waals surface area contributed by atoms with Gasteiger partial charge in [-0.2, -0.15) is 0 Å². The van der Waals surface area contributed by atoms with Crippen LogP contribution < -0.4 is 5.73 Å². The molecule has 0 fully saturated rings. The number of hydrogen-bond donors (Lipinski definition) is 1. The van der Waals surface area contributed by atoms with Crippen LogP contribution in [0.2, 0.25) is 6.32 Å². The minimum absolute atomic E-state index is 0.703. The molecular weight excluding hydrogens is 265 g/mol. The second-order valence-electron chi connectivity index (χ2n) is 5.17. The Balaban J connectivity index is 1.90. The van der Waals surface area contributed by atoms with Crippen molar-refractivity contribution in [2.24, 2.45) is 10.7 Å². The largest absolute Gasteiger partial charge is 0.387 e. The Hall–Kier alpha value is -1.54. The van der Waals surface area contributed by atoms with Crippen LogP contribution in [-0.4, -0.2) is 13.1 Å². The zero-order valence-corrected chi connectivity index (χ0v) is 12.7. The van der Waals surface area contributed by atoms with Crippen LogP contribution in [-0.2, 0) is 6.42 Å². The smallest absolute Gasteiger partial charge is 0.254 e. The fourth-order valence-corrected chi connectivity index (χ4v) is 3.47. The highest BCUT2D eigenvalue weighted by molar-refractivity contribution is 7.13. The number of thiophene rings is 1. The van der Waals surface area contributed by atoms with E-state index < -0.39 is 0 Å². The molecule has 1 aromatic heterocycles. The number of aryl methyl sites for hydroxylation is 1. The molecule has 3 nitrogen and oxygen atoms in total. The quantitative estimate of drug-likeness (QED) is 0.636. The summed E-state index contributed by atoms with van der Waals surface area (Å²) in [6, 6.07) is 2.17. The number of amidine groups is 1. The van der Waals surface area contributed by atoms with Gasteiger partial charge in [0.15, 0.2) is 0 Å². The van der Waals surface area contributed by atoms with Crippen LogP contribution in [0, 0.1) is 11.2 Å². The number of nitriles is 1. The van der Waals surface area contributed by atoms with Gasteiger partial charge in [0.2, 0.25) is 0 Å². The molecule has 2 rings (SSSR count). The molecule has 0 bridgehead atoms. The average molecular weight is 284 g/mol. The van der Waals surface area contributed by atoms with Gasteiger partial charge in [-0.1, -0.05) is 24.7 Å². The summed E-state index contributed by atoms with van der Waals surface area (Å²) in [5.41, 5.74) is 8.20. The van der Waals surface area contributed by atoms with Crippen molar-refractivity contribution in [1.82, 2.24) is 0 Å². The van der Waals surface area contributed by atoms with Crippen molar-refractivity contribution in [2.75, 3.05) is 0 Å². The third-order valence-corrected chi connectivity index (χ3v) is 4.39. The van der Waals surface area contributed by atoms with Gasteiger partial charge in [-0.05, 0) is 37.9 Å². The van der Waals surface area contributed by atoms with E-state index in [9.17, 15) is 0 Å². The van der Waals surface area contributed by atoms with Crippen molar-refractivity contribution in [3.05, 3.63) is 21.4 Å². The van der Waals surface area contributed by atoms with Crippen molar-refractivity contribution in [3.63, 3.8) is 0 Å². The first kappa shape index (κ1) is 14.9. The summed E-state index contributed by atoms with van der Waals surface area (Å²) in [7, 11) is 1.68. The lowest BCUT2D eigenvalue weighted by Crippen LogP contribution is -2.10. The van der Waals surface area contributed by atoms with Gasteiger partial charge in [0.05, 0.1) is 10.6 Å². The summed E-state index contributed by atoms with van der Waals surface area (Å²) >= 11 is 1.82. The summed E-state index contributed by atoms with van der Waals surface area (Å²) in [5.74, 6) is 2.77. The maximum atomic E-state index is 8.43. The second kappa shape index (κ2) is 7.30. The monoisotopic (exact) mass is 284 g/mol. The van der Waals surface area contributed by atoms with Crippen molar-refractivity contribution >= 4 is 36.2 Å². The van der Waals surface area contributed by atoms with Crippen LogP contribution in [0.1, 0.15) is 42.4 Å². The molecule has 1 aliphatic heterocycles. The SMILES string of the molecule is CC1=Cc2sc(CCCCC[B]C#N)cc2N=C(N)C1. The molecule has 20 heavy (non-hydrogen) atoms. The fraction of sp³-hybridized carbons (Fsp3) is 0.467. The van der Waals surface area contributed by atoms with E-state index in [1.54, 1.807) is 7.28 Å². The summed E-state index contributed by atoms with van der Waals surface area (Å²) in [5, 5.41) is 8.43. The van der Waals surface area contributed by atoms with E-state index in [2.05, 4.69) is 30.0 Å². The van der Waals surface area contributed by atoms with E-state index in [0.29, 0.717) is 5.84 Å². The minimum atomic E-state index is 0.703. The van der Waals surface area contributed by atoms with Crippen molar-refractivity contribution < 1.29 is 0 Å². The van der Waals surface area contributed by atoms with Gasteiger partial charge in [-0.3, -0.25) is 0 Å². The third kappa shape index (κ3) is 4.24. The Bertz CT molecular complexity index is 531. The normalized spacial score (nSPS) is 13.8. The summed E-state index contributed by atoms with van der Waals surface area (Å²) in [6.45, 7) is 2.10. The zero-order chi connectivity index (χ0) is 14.4. The zero-order valence-electron chi connectivity index (χ0n) is 11.9. The first-order valence-electron chi connectivity index (χ1n) is 7.03. The number of nitrogens with zero attached hydrogens (tertiary/aromatic N) is 2. The van der Waals surface area contributed by atoms with Gasteiger partial charge in [0, 0.05) is 11.3 Å². The molecule has 0 spiro atoms. The molecule has 0 unspecified atom stereocenters. The van der Waals surface area contributed by atoms with E-state index in [-0.39, 0.29) is 0 Å². The van der Waals surface area contributed by atoms with E-state index in [1.165, 1.54) is 28.2 Å². The summed E-state index contributed by atoms with van der Waals surface area (Å²) in [6.07, 6.45) is 8.40. The predicted octanol–water partition coefficient (Wildman–Crippen LogP) is 3.86. The molecule has 2 heterocycles. The van der Waals surface area contributed by atoms with Crippen LogP contribution in [0.4, 0.5) is 5.69 Å². The first-order valence-corrected chi connectivity index (χ1v) is 7.85. The van der Waals surface area contributed by atoms with E-state index in [1.807, 2.05) is 11.3 Å². The van der Waals surface area contributed by atoms with Gasteiger partial charge in [-0.15, -0.1) is 11.3 Å².